The molecule has 0 aliphatic carbocycles. The summed E-state index contributed by atoms with van der Waals surface area (Å²) in [6.07, 6.45) is 1.44. The van der Waals surface area contributed by atoms with Crippen LogP contribution in [0.3, 0.4) is 0 Å². The van der Waals surface area contributed by atoms with Gasteiger partial charge in [0.05, 0.1) is 11.0 Å². The first-order valence-corrected chi connectivity index (χ1v) is 12.2. The number of amides is 4. The second kappa shape index (κ2) is 9.79. The van der Waals surface area contributed by atoms with Crippen LogP contribution in [0, 0.1) is 0 Å². The molecule has 3 heterocycles. The van der Waals surface area contributed by atoms with E-state index in [9.17, 15) is 24.0 Å². The lowest BCUT2D eigenvalue weighted by atomic mass is 10.0. The molecule has 1 atom stereocenters. The number of hydrogen-bond donors (Lipinski definition) is 1. The number of fused-ring (bicyclic) bond motifs is 1. The topological polar surface area (TPSA) is 123 Å². The minimum atomic E-state index is -0.713. The molecule has 2 aromatic rings. The molecular formula is C25H33N5O6. The van der Waals surface area contributed by atoms with Gasteiger partial charge in [0.2, 0.25) is 17.7 Å². The van der Waals surface area contributed by atoms with Gasteiger partial charge in [0.15, 0.2) is 0 Å². The van der Waals surface area contributed by atoms with Gasteiger partial charge in [-0.05, 0) is 57.7 Å². The van der Waals surface area contributed by atoms with Crippen molar-refractivity contribution in [2.75, 3.05) is 26.2 Å². The molecule has 1 aromatic heterocycles. The second-order valence-electron chi connectivity index (χ2n) is 10.4. The van der Waals surface area contributed by atoms with Crippen LogP contribution in [0.15, 0.2) is 23.0 Å². The van der Waals surface area contributed by atoms with Gasteiger partial charge in [-0.25, -0.2) is 9.59 Å². The van der Waals surface area contributed by atoms with Crippen LogP contribution in [0.1, 0.15) is 51.6 Å². The maximum Gasteiger partial charge on any atom is 0.410 e. The molecule has 4 rings (SSSR count). The zero-order valence-corrected chi connectivity index (χ0v) is 21.2. The van der Waals surface area contributed by atoms with Gasteiger partial charge in [-0.1, -0.05) is 6.07 Å². The standard InChI is InChI=1S/C25H33N5O6/c1-25(2,3)36-24(35)29-13-12-28(21(32)15-29)11-5-6-16-7-8-17-19(14-16)27(4)23(34)30(17)18-9-10-20(31)26-22(18)33/h7-8,14,18H,5-6,9-13,15H2,1-4H3,(H,26,31,33). The molecule has 1 unspecified atom stereocenters. The highest BCUT2D eigenvalue weighted by Gasteiger charge is 2.32. The highest BCUT2D eigenvalue weighted by Crippen LogP contribution is 2.24. The van der Waals surface area contributed by atoms with Crippen LogP contribution >= 0.6 is 0 Å². The Hall–Kier alpha value is -3.63. The fourth-order valence-electron chi connectivity index (χ4n) is 4.70. The molecule has 36 heavy (non-hydrogen) atoms. The minimum absolute atomic E-state index is 0.0108. The van der Waals surface area contributed by atoms with E-state index < -0.39 is 23.6 Å². The van der Waals surface area contributed by atoms with Crippen molar-refractivity contribution >= 4 is 34.8 Å². The summed E-state index contributed by atoms with van der Waals surface area (Å²) < 4.78 is 8.33. The van der Waals surface area contributed by atoms with E-state index >= 15 is 0 Å². The Bertz CT molecular complexity index is 1270. The van der Waals surface area contributed by atoms with Crippen molar-refractivity contribution in [2.45, 2.75) is 58.1 Å². The third-order valence-corrected chi connectivity index (χ3v) is 6.54. The first-order chi connectivity index (χ1) is 16.9. The number of ether oxygens (including phenoxy) is 1. The van der Waals surface area contributed by atoms with E-state index in [-0.39, 0.29) is 30.5 Å². The Morgan fingerprint density at radius 2 is 1.86 bits per heavy atom. The molecule has 2 aliphatic rings. The Morgan fingerprint density at radius 3 is 2.53 bits per heavy atom. The lowest BCUT2D eigenvalue weighted by molar-refractivity contribution is -0.136. The number of aromatic nitrogens is 2. The van der Waals surface area contributed by atoms with Crippen molar-refractivity contribution in [3.8, 4) is 0 Å². The van der Waals surface area contributed by atoms with Crippen LogP contribution in [0.5, 0.6) is 0 Å². The number of aryl methyl sites for hydroxylation is 2. The smallest absolute Gasteiger partial charge is 0.410 e. The van der Waals surface area contributed by atoms with E-state index in [4.69, 9.17) is 4.74 Å². The fraction of sp³-hybridized carbons (Fsp3) is 0.560. The summed E-state index contributed by atoms with van der Waals surface area (Å²) in [4.78, 5) is 64.8. The Morgan fingerprint density at radius 1 is 1.11 bits per heavy atom. The highest BCUT2D eigenvalue weighted by atomic mass is 16.6. The van der Waals surface area contributed by atoms with E-state index in [1.165, 1.54) is 14.0 Å². The van der Waals surface area contributed by atoms with Crippen LogP contribution in [0.4, 0.5) is 4.79 Å². The summed E-state index contributed by atoms with van der Waals surface area (Å²) in [6.45, 7) is 6.85. The van der Waals surface area contributed by atoms with E-state index in [2.05, 4.69) is 5.32 Å². The molecular weight excluding hydrogens is 466 g/mol. The summed E-state index contributed by atoms with van der Waals surface area (Å²) in [5.41, 5.74) is 1.46. The quantitative estimate of drug-likeness (QED) is 0.620. The molecule has 11 nitrogen and oxygen atoms in total. The van der Waals surface area contributed by atoms with Crippen molar-refractivity contribution in [3.63, 3.8) is 0 Å². The van der Waals surface area contributed by atoms with E-state index in [0.717, 1.165) is 12.0 Å². The SMILES string of the molecule is Cn1c(=O)n(C2CCC(=O)NC2=O)c2ccc(CCCN3CCN(C(=O)OC(C)(C)C)CC3=O)cc21. The molecule has 0 bridgehead atoms. The highest BCUT2D eigenvalue weighted by molar-refractivity contribution is 6.00. The molecule has 2 saturated heterocycles. The Labute approximate surface area is 209 Å². The van der Waals surface area contributed by atoms with Crippen molar-refractivity contribution < 1.29 is 23.9 Å². The number of nitrogens with zero attached hydrogens (tertiary/aromatic N) is 4. The maximum atomic E-state index is 12.9. The van der Waals surface area contributed by atoms with E-state index in [1.54, 1.807) is 32.7 Å². The normalized spacial score (nSPS) is 19.1. The molecule has 2 aliphatic heterocycles. The van der Waals surface area contributed by atoms with Crippen LogP contribution in [-0.4, -0.2) is 74.5 Å². The molecule has 0 saturated carbocycles. The molecule has 1 N–H and O–H groups in total. The molecule has 11 heteroatoms. The number of carbonyl (C=O) groups is 4. The van der Waals surface area contributed by atoms with Gasteiger partial charge in [-0.2, -0.15) is 0 Å². The van der Waals surface area contributed by atoms with Crippen molar-refractivity contribution in [3.05, 3.63) is 34.2 Å². The van der Waals surface area contributed by atoms with Gasteiger partial charge in [0.1, 0.15) is 18.2 Å². The Kier molecular flexibility index (Phi) is 6.92. The van der Waals surface area contributed by atoms with Crippen molar-refractivity contribution in [1.29, 1.82) is 0 Å². The molecule has 1 aromatic carbocycles. The van der Waals surface area contributed by atoms with Gasteiger partial charge in [-0.3, -0.25) is 33.7 Å². The second-order valence-corrected chi connectivity index (χ2v) is 10.4. The maximum absolute atomic E-state index is 12.9. The van der Waals surface area contributed by atoms with Crippen LogP contribution in [0.2, 0.25) is 0 Å². The van der Waals surface area contributed by atoms with Gasteiger partial charge in [0, 0.05) is 33.1 Å². The number of nitrogens with one attached hydrogen (secondary N) is 1. The van der Waals surface area contributed by atoms with E-state index in [1.807, 2.05) is 18.2 Å². The molecule has 2 fully saturated rings. The summed E-state index contributed by atoms with van der Waals surface area (Å²) in [6, 6.07) is 4.98. The average Bonchev–Trinajstić information content (AvgIpc) is 3.04. The zero-order valence-electron chi connectivity index (χ0n) is 21.2. The van der Waals surface area contributed by atoms with Gasteiger partial charge in [0.25, 0.3) is 0 Å². The average molecular weight is 500 g/mol. The van der Waals surface area contributed by atoms with Crippen LogP contribution in [0.25, 0.3) is 11.0 Å². The van der Waals surface area contributed by atoms with E-state index in [0.29, 0.717) is 43.5 Å². The monoisotopic (exact) mass is 499 g/mol. The summed E-state index contributed by atoms with van der Waals surface area (Å²) >= 11 is 0. The molecule has 194 valence electrons. The zero-order chi connectivity index (χ0) is 26.2. The third-order valence-electron chi connectivity index (χ3n) is 6.54. The predicted molar refractivity (Wildman–Crippen MR) is 131 cm³/mol. The third kappa shape index (κ3) is 5.29. The molecule has 0 spiro atoms. The van der Waals surface area contributed by atoms with Gasteiger partial charge < -0.3 is 9.64 Å². The summed E-state index contributed by atoms with van der Waals surface area (Å²) in [5, 5.41) is 2.31. The summed E-state index contributed by atoms with van der Waals surface area (Å²) in [5.74, 6) is -0.885. The molecule has 0 radical (unpaired) electrons. The number of rotatable bonds is 5. The van der Waals surface area contributed by atoms with Crippen LogP contribution < -0.4 is 11.0 Å². The number of piperazine rings is 1. The fourth-order valence-corrected chi connectivity index (χ4v) is 4.70. The number of imidazole rings is 1. The summed E-state index contributed by atoms with van der Waals surface area (Å²) in [7, 11) is 1.67. The number of imide groups is 1. The first-order valence-electron chi connectivity index (χ1n) is 12.2. The Balaban J connectivity index is 1.38. The number of carbonyl (C=O) groups excluding carboxylic acids is 4. The minimum Gasteiger partial charge on any atom is -0.444 e. The molecule has 4 amide bonds. The number of piperidine rings is 1. The lowest BCUT2D eigenvalue weighted by Crippen LogP contribution is -2.53. The number of hydrogen-bond acceptors (Lipinski definition) is 6. The predicted octanol–water partition coefficient (Wildman–Crippen LogP) is 1.33. The van der Waals surface area contributed by atoms with Gasteiger partial charge >= 0.3 is 11.8 Å². The number of benzene rings is 1. The van der Waals surface area contributed by atoms with Crippen LogP contribution in [-0.2, 0) is 32.6 Å². The van der Waals surface area contributed by atoms with Crippen molar-refractivity contribution in [2.24, 2.45) is 7.05 Å². The lowest BCUT2D eigenvalue weighted by Gasteiger charge is -2.35. The largest absolute Gasteiger partial charge is 0.444 e. The van der Waals surface area contributed by atoms with Crippen molar-refractivity contribution in [1.82, 2.24) is 24.3 Å². The first kappa shape index (κ1) is 25.5. The van der Waals surface area contributed by atoms with Gasteiger partial charge in [-0.15, -0.1) is 0 Å².